The van der Waals surface area contributed by atoms with Crippen LogP contribution >= 0.6 is 23.5 Å². The number of anilines is 2. The van der Waals surface area contributed by atoms with E-state index in [1.54, 1.807) is 24.8 Å². The molecule has 0 bridgehead atoms. The standard InChI is InChI=1S/C17H17F2N5S.C16H15F2N5S/c1-3-24-8-20-14-15(22-17(25-2)23-16(14)24)21-13-7-10(13)9-4-5-11(18)12(19)6-9;1-23-7-19-13-14(21-16(24-2)22-15(13)23)20-12-6-9(12)8-3-4-10(17)11(18)5-8/h4-6,8,10,13H,3,7H2,1-2H3,(H,21,22,23);3-5,7,9,12H,6H2,1-2H3,(H,20,21,22)/t10-,13+;9-,12+/m00/s1. The normalized spacial score (nSPS) is 19.5. The summed E-state index contributed by atoms with van der Waals surface area (Å²) in [5.41, 5.74) is 4.60. The van der Waals surface area contributed by atoms with Crippen LogP contribution < -0.4 is 10.6 Å². The smallest absolute Gasteiger partial charge is 0.191 e. The number of nitrogens with zero attached hydrogens (tertiary/aromatic N) is 8. The SMILES string of the molecule is CCn1cnc2c(N[C@@H]3C[C@H]3c3ccc(F)c(F)c3)nc(SC)nc21.CSc1nc(N[C@@H]2C[C@H]2c2ccc(F)c(F)c2)c2ncn(C)c2n1. The van der Waals surface area contributed by atoms with Crippen molar-refractivity contribution in [3.8, 4) is 0 Å². The van der Waals surface area contributed by atoms with Gasteiger partial charge in [0.1, 0.15) is 0 Å². The van der Waals surface area contributed by atoms with Crippen LogP contribution in [-0.4, -0.2) is 63.6 Å². The number of aromatic nitrogens is 8. The number of benzene rings is 2. The lowest BCUT2D eigenvalue weighted by molar-refractivity contribution is 0.507. The molecule has 2 aliphatic rings. The van der Waals surface area contributed by atoms with E-state index in [9.17, 15) is 17.6 Å². The molecular weight excluding hydrogens is 677 g/mol. The maximum Gasteiger partial charge on any atom is 0.191 e. The molecule has 0 amide bonds. The second-order valence-electron chi connectivity index (χ2n) is 11.9. The third-order valence-electron chi connectivity index (χ3n) is 8.66. The first-order chi connectivity index (χ1) is 23.7. The van der Waals surface area contributed by atoms with Crippen LogP contribution in [0.15, 0.2) is 59.4 Å². The summed E-state index contributed by atoms with van der Waals surface area (Å²) < 4.78 is 56.8. The minimum atomic E-state index is -0.820. The molecule has 2 aromatic carbocycles. The van der Waals surface area contributed by atoms with Crippen molar-refractivity contribution < 1.29 is 17.6 Å². The molecule has 2 saturated carbocycles. The number of fused-ring (bicyclic) bond motifs is 2. The maximum absolute atomic E-state index is 13.4. The molecule has 0 spiro atoms. The number of imidazole rings is 2. The molecule has 6 aromatic rings. The summed E-state index contributed by atoms with van der Waals surface area (Å²) in [6, 6.07) is 8.43. The molecule has 2 aliphatic carbocycles. The fourth-order valence-corrected chi connectivity index (χ4v) is 6.53. The summed E-state index contributed by atoms with van der Waals surface area (Å²) >= 11 is 2.94. The van der Waals surface area contributed by atoms with Gasteiger partial charge in [0, 0.05) is 37.5 Å². The van der Waals surface area contributed by atoms with Gasteiger partial charge < -0.3 is 19.8 Å². The highest BCUT2D eigenvalue weighted by Crippen LogP contribution is 2.44. The quantitative estimate of drug-likeness (QED) is 0.0913. The lowest BCUT2D eigenvalue weighted by Gasteiger charge is -2.08. The Bertz CT molecular complexity index is 2170. The van der Waals surface area contributed by atoms with Crippen molar-refractivity contribution >= 4 is 57.5 Å². The molecular formula is C33H32F4N10S2. The van der Waals surface area contributed by atoms with Crippen LogP contribution in [0.5, 0.6) is 0 Å². The average molecular weight is 709 g/mol. The van der Waals surface area contributed by atoms with Crippen LogP contribution in [0.25, 0.3) is 22.3 Å². The third-order valence-corrected chi connectivity index (χ3v) is 9.75. The van der Waals surface area contributed by atoms with Crippen LogP contribution in [0.2, 0.25) is 0 Å². The summed E-state index contributed by atoms with van der Waals surface area (Å²) in [6.45, 7) is 2.82. The predicted octanol–water partition coefficient (Wildman–Crippen LogP) is 7.15. The van der Waals surface area contributed by atoms with Crippen molar-refractivity contribution in [1.29, 1.82) is 0 Å². The van der Waals surface area contributed by atoms with E-state index in [-0.39, 0.29) is 23.9 Å². The van der Waals surface area contributed by atoms with E-state index in [0.29, 0.717) is 27.5 Å². The second-order valence-corrected chi connectivity index (χ2v) is 13.4. The molecule has 0 unspecified atom stereocenters. The Hall–Kier alpha value is -4.44. The molecule has 254 valence electrons. The number of nitrogens with one attached hydrogen (secondary N) is 2. The fraction of sp³-hybridized carbons (Fsp3) is 0.333. The van der Waals surface area contributed by atoms with Crippen molar-refractivity contribution in [2.24, 2.45) is 7.05 Å². The Morgan fingerprint density at radius 1 is 0.694 bits per heavy atom. The minimum Gasteiger partial charge on any atom is -0.365 e. The first-order valence-corrected chi connectivity index (χ1v) is 18.0. The van der Waals surface area contributed by atoms with E-state index in [2.05, 4.69) is 40.5 Å². The van der Waals surface area contributed by atoms with Crippen LogP contribution in [-0.2, 0) is 13.6 Å². The molecule has 4 atom stereocenters. The Kier molecular flexibility index (Phi) is 9.09. The first kappa shape index (κ1) is 33.1. The Labute approximate surface area is 287 Å². The molecule has 16 heteroatoms. The van der Waals surface area contributed by atoms with E-state index in [4.69, 9.17) is 0 Å². The van der Waals surface area contributed by atoms with Gasteiger partial charge >= 0.3 is 0 Å². The first-order valence-electron chi connectivity index (χ1n) is 15.6. The summed E-state index contributed by atoms with van der Waals surface area (Å²) in [5, 5.41) is 8.11. The zero-order valence-electron chi connectivity index (χ0n) is 27.0. The lowest BCUT2D eigenvalue weighted by atomic mass is 10.1. The number of halogens is 4. The predicted molar refractivity (Wildman–Crippen MR) is 183 cm³/mol. The summed E-state index contributed by atoms with van der Waals surface area (Å²) in [4.78, 5) is 26.8. The number of aryl methyl sites for hydroxylation is 2. The minimum absolute atomic E-state index is 0.129. The van der Waals surface area contributed by atoms with Gasteiger partial charge in [-0.05, 0) is 67.7 Å². The molecule has 4 aromatic heterocycles. The Morgan fingerprint density at radius 2 is 1.18 bits per heavy atom. The zero-order chi connectivity index (χ0) is 34.4. The van der Waals surface area contributed by atoms with Gasteiger partial charge in [0.05, 0.1) is 12.7 Å². The van der Waals surface area contributed by atoms with E-state index < -0.39 is 23.3 Å². The molecule has 10 nitrogen and oxygen atoms in total. The number of thioether (sulfide) groups is 2. The molecule has 2 N–H and O–H groups in total. The number of hydrogen-bond acceptors (Lipinski definition) is 10. The molecule has 0 aliphatic heterocycles. The van der Waals surface area contributed by atoms with Crippen molar-refractivity contribution in [3.63, 3.8) is 0 Å². The molecule has 0 saturated heterocycles. The van der Waals surface area contributed by atoms with Crippen molar-refractivity contribution in [1.82, 2.24) is 39.0 Å². The molecule has 4 heterocycles. The van der Waals surface area contributed by atoms with E-state index in [1.807, 2.05) is 35.6 Å². The highest BCUT2D eigenvalue weighted by molar-refractivity contribution is 7.98. The summed E-state index contributed by atoms with van der Waals surface area (Å²) in [6.07, 6.45) is 9.00. The third kappa shape index (κ3) is 6.75. The van der Waals surface area contributed by atoms with Crippen LogP contribution in [0.3, 0.4) is 0 Å². The van der Waals surface area contributed by atoms with E-state index >= 15 is 0 Å². The Morgan fingerprint density at radius 3 is 1.67 bits per heavy atom. The van der Waals surface area contributed by atoms with Gasteiger partial charge in [-0.15, -0.1) is 0 Å². The van der Waals surface area contributed by atoms with Crippen LogP contribution in [0.1, 0.15) is 42.7 Å². The number of rotatable bonds is 9. The van der Waals surface area contributed by atoms with Gasteiger partial charge in [-0.3, -0.25) is 0 Å². The highest BCUT2D eigenvalue weighted by Gasteiger charge is 2.40. The van der Waals surface area contributed by atoms with Gasteiger partial charge in [-0.1, -0.05) is 35.7 Å². The van der Waals surface area contributed by atoms with E-state index in [0.717, 1.165) is 47.3 Å². The van der Waals surface area contributed by atoms with Crippen molar-refractivity contribution in [2.75, 3.05) is 23.1 Å². The average Bonchev–Trinajstić information content (AvgIpc) is 3.97. The Balaban J connectivity index is 0.000000154. The van der Waals surface area contributed by atoms with E-state index in [1.165, 1.54) is 47.8 Å². The van der Waals surface area contributed by atoms with Gasteiger partial charge in [0.15, 0.2) is 67.5 Å². The topological polar surface area (TPSA) is 111 Å². The highest BCUT2D eigenvalue weighted by atomic mass is 32.2. The van der Waals surface area contributed by atoms with Gasteiger partial charge in [0.25, 0.3) is 0 Å². The second kappa shape index (κ2) is 13.5. The van der Waals surface area contributed by atoms with Gasteiger partial charge in [-0.25, -0.2) is 47.5 Å². The van der Waals surface area contributed by atoms with Gasteiger partial charge in [-0.2, -0.15) is 0 Å². The van der Waals surface area contributed by atoms with Gasteiger partial charge in [0.2, 0.25) is 0 Å². The zero-order valence-corrected chi connectivity index (χ0v) is 28.6. The fourth-order valence-electron chi connectivity index (χ4n) is 5.81. The number of hydrogen-bond donors (Lipinski definition) is 2. The maximum atomic E-state index is 13.4. The summed E-state index contributed by atoms with van der Waals surface area (Å²) in [7, 11) is 1.89. The summed E-state index contributed by atoms with van der Waals surface area (Å²) in [5.74, 6) is -1.59. The van der Waals surface area contributed by atoms with Crippen molar-refractivity contribution in [2.45, 2.75) is 60.5 Å². The lowest BCUT2D eigenvalue weighted by Crippen LogP contribution is -2.08. The molecule has 2 fully saturated rings. The monoisotopic (exact) mass is 708 g/mol. The van der Waals surface area contributed by atoms with Crippen LogP contribution in [0.4, 0.5) is 29.2 Å². The molecule has 49 heavy (non-hydrogen) atoms. The van der Waals surface area contributed by atoms with Crippen LogP contribution in [0, 0.1) is 23.3 Å². The largest absolute Gasteiger partial charge is 0.365 e. The molecule has 0 radical (unpaired) electrons. The molecule has 8 rings (SSSR count). The van der Waals surface area contributed by atoms with Crippen molar-refractivity contribution in [3.05, 3.63) is 83.4 Å².